The number of nitrogens with one attached hydrogen (secondary N) is 1. The summed E-state index contributed by atoms with van der Waals surface area (Å²) < 4.78 is 1.26. The highest BCUT2D eigenvalue weighted by Gasteiger charge is 2.01. The molecule has 12 heavy (non-hydrogen) atoms. The third-order valence-electron chi connectivity index (χ3n) is 1.08. The Morgan fingerprint density at radius 2 is 2.50 bits per heavy atom. The zero-order valence-corrected chi connectivity index (χ0v) is 6.17. The lowest BCUT2D eigenvalue weighted by molar-refractivity contribution is -0.123. The first-order valence-electron chi connectivity index (χ1n) is 3.24. The van der Waals surface area contributed by atoms with Crippen LogP contribution in [0, 0.1) is 0 Å². The van der Waals surface area contributed by atoms with Crippen LogP contribution in [0.2, 0.25) is 0 Å². The molecule has 7 nitrogen and oxygen atoms in total. The van der Waals surface area contributed by atoms with Gasteiger partial charge < -0.3 is 10.1 Å². The zero-order chi connectivity index (χ0) is 8.81. The van der Waals surface area contributed by atoms with Crippen molar-refractivity contribution in [3.63, 3.8) is 0 Å². The van der Waals surface area contributed by atoms with Crippen molar-refractivity contribution in [3.05, 3.63) is 6.33 Å². The van der Waals surface area contributed by atoms with Gasteiger partial charge in [0.1, 0.15) is 19.2 Å². The number of carbonyl (C=O) groups excluding carboxylic acids is 2. The van der Waals surface area contributed by atoms with Crippen LogP contribution >= 0.6 is 0 Å². The van der Waals surface area contributed by atoms with Gasteiger partial charge in [0, 0.05) is 0 Å². The SMILES string of the molecule is O=CCNC(=O)Cn1cnnn1. The second kappa shape index (κ2) is 4.16. The molecule has 1 amide bonds. The Morgan fingerprint density at radius 1 is 1.67 bits per heavy atom. The zero-order valence-electron chi connectivity index (χ0n) is 6.17. The normalized spacial score (nSPS) is 9.33. The predicted octanol–water partition coefficient (Wildman–Crippen LogP) is -2.01. The second-order valence-electron chi connectivity index (χ2n) is 1.98. The summed E-state index contributed by atoms with van der Waals surface area (Å²) in [6.45, 7) is 0.0435. The van der Waals surface area contributed by atoms with Gasteiger partial charge in [0.25, 0.3) is 0 Å². The van der Waals surface area contributed by atoms with Crippen LogP contribution < -0.4 is 5.32 Å². The molecule has 0 atom stereocenters. The molecule has 0 radical (unpaired) electrons. The van der Waals surface area contributed by atoms with Gasteiger partial charge in [-0.15, -0.1) is 5.10 Å². The first-order chi connectivity index (χ1) is 5.83. The summed E-state index contributed by atoms with van der Waals surface area (Å²) in [5.41, 5.74) is 0. The predicted molar refractivity (Wildman–Crippen MR) is 36.9 cm³/mol. The van der Waals surface area contributed by atoms with Crippen LogP contribution in [0.3, 0.4) is 0 Å². The standard InChI is InChI=1S/C5H7N5O2/c11-2-1-6-5(12)3-10-4-7-8-9-10/h2,4H,1,3H2,(H,6,12). The van der Waals surface area contributed by atoms with Gasteiger partial charge >= 0.3 is 0 Å². The van der Waals surface area contributed by atoms with E-state index in [1.54, 1.807) is 0 Å². The Hall–Kier alpha value is -1.79. The molecule has 0 aliphatic heterocycles. The van der Waals surface area contributed by atoms with Gasteiger partial charge in [0.15, 0.2) is 0 Å². The minimum atomic E-state index is -0.297. The van der Waals surface area contributed by atoms with Gasteiger partial charge in [0.2, 0.25) is 5.91 Å². The Labute approximate surface area is 67.7 Å². The first kappa shape index (κ1) is 8.31. The van der Waals surface area contributed by atoms with E-state index < -0.39 is 0 Å². The highest BCUT2D eigenvalue weighted by molar-refractivity contribution is 5.77. The molecular weight excluding hydrogens is 162 g/mol. The number of amides is 1. The smallest absolute Gasteiger partial charge is 0.242 e. The van der Waals surface area contributed by atoms with Crippen LogP contribution in [0.25, 0.3) is 0 Å². The van der Waals surface area contributed by atoms with Crippen LogP contribution in [-0.4, -0.2) is 38.9 Å². The molecule has 0 aromatic carbocycles. The van der Waals surface area contributed by atoms with E-state index >= 15 is 0 Å². The summed E-state index contributed by atoms with van der Waals surface area (Å²) >= 11 is 0. The van der Waals surface area contributed by atoms with Gasteiger partial charge in [-0.25, -0.2) is 4.68 Å². The topological polar surface area (TPSA) is 89.8 Å². The number of hydrogen-bond donors (Lipinski definition) is 1. The summed E-state index contributed by atoms with van der Waals surface area (Å²) in [4.78, 5) is 20.7. The maximum atomic E-state index is 10.9. The fourth-order valence-electron chi connectivity index (χ4n) is 0.611. The fraction of sp³-hybridized carbons (Fsp3) is 0.400. The first-order valence-corrected chi connectivity index (χ1v) is 3.24. The van der Waals surface area contributed by atoms with Gasteiger partial charge in [-0.1, -0.05) is 0 Å². The monoisotopic (exact) mass is 169 g/mol. The van der Waals surface area contributed by atoms with Crippen LogP contribution in [0.15, 0.2) is 6.33 Å². The molecule has 0 bridgehead atoms. The quantitative estimate of drug-likeness (QED) is 0.526. The molecule has 1 heterocycles. The van der Waals surface area contributed by atoms with E-state index in [4.69, 9.17) is 0 Å². The van der Waals surface area contributed by atoms with Gasteiger partial charge in [-0.3, -0.25) is 4.79 Å². The maximum Gasteiger partial charge on any atom is 0.242 e. The minimum Gasteiger partial charge on any atom is -0.348 e. The highest BCUT2D eigenvalue weighted by Crippen LogP contribution is 1.76. The van der Waals surface area contributed by atoms with E-state index in [2.05, 4.69) is 20.8 Å². The number of hydrogen-bond acceptors (Lipinski definition) is 5. The van der Waals surface area contributed by atoms with Gasteiger partial charge in [-0.05, 0) is 10.4 Å². The van der Waals surface area contributed by atoms with E-state index in [0.29, 0.717) is 6.29 Å². The van der Waals surface area contributed by atoms with E-state index in [1.807, 2.05) is 0 Å². The van der Waals surface area contributed by atoms with E-state index in [9.17, 15) is 9.59 Å². The molecular formula is C5H7N5O2. The summed E-state index contributed by atoms with van der Waals surface area (Å²) in [6, 6.07) is 0. The van der Waals surface area contributed by atoms with Crippen molar-refractivity contribution in [1.29, 1.82) is 0 Å². The molecule has 0 aliphatic carbocycles. The fourth-order valence-corrected chi connectivity index (χ4v) is 0.611. The summed E-state index contributed by atoms with van der Waals surface area (Å²) in [5.74, 6) is -0.297. The average molecular weight is 169 g/mol. The highest BCUT2D eigenvalue weighted by atomic mass is 16.2. The lowest BCUT2D eigenvalue weighted by Crippen LogP contribution is -2.29. The number of aldehydes is 1. The molecule has 0 saturated carbocycles. The molecule has 1 rings (SSSR count). The second-order valence-corrected chi connectivity index (χ2v) is 1.98. The third-order valence-corrected chi connectivity index (χ3v) is 1.08. The third kappa shape index (κ3) is 2.45. The molecule has 1 N–H and O–H groups in total. The molecule has 64 valence electrons. The van der Waals surface area contributed by atoms with E-state index in [0.717, 1.165) is 0 Å². The van der Waals surface area contributed by atoms with Crippen molar-refractivity contribution in [2.75, 3.05) is 6.54 Å². The Morgan fingerprint density at radius 3 is 3.08 bits per heavy atom. The molecule has 0 saturated heterocycles. The van der Waals surface area contributed by atoms with Crippen molar-refractivity contribution in [1.82, 2.24) is 25.5 Å². The average Bonchev–Trinajstić information content (AvgIpc) is 2.53. The number of carbonyl (C=O) groups is 2. The lowest BCUT2D eigenvalue weighted by atomic mass is 10.5. The van der Waals surface area contributed by atoms with Gasteiger partial charge in [-0.2, -0.15) is 0 Å². The number of aromatic nitrogens is 4. The Kier molecular flexibility index (Phi) is 2.88. The lowest BCUT2D eigenvalue weighted by Gasteiger charge is -1.98. The largest absolute Gasteiger partial charge is 0.348 e. The molecule has 0 aliphatic rings. The van der Waals surface area contributed by atoms with E-state index in [-0.39, 0.29) is 19.0 Å². The molecule has 1 aromatic rings. The van der Waals surface area contributed by atoms with Crippen molar-refractivity contribution in [3.8, 4) is 0 Å². The summed E-state index contributed by atoms with van der Waals surface area (Å²) in [6.07, 6.45) is 1.93. The number of rotatable bonds is 4. The molecule has 1 aromatic heterocycles. The maximum absolute atomic E-state index is 10.9. The summed E-state index contributed by atoms with van der Waals surface area (Å²) in [5, 5.41) is 12.5. The van der Waals surface area contributed by atoms with Crippen LogP contribution in [0.5, 0.6) is 0 Å². The molecule has 0 spiro atoms. The van der Waals surface area contributed by atoms with Crippen molar-refractivity contribution in [2.24, 2.45) is 0 Å². The van der Waals surface area contributed by atoms with Crippen molar-refractivity contribution in [2.45, 2.75) is 6.54 Å². The Bertz CT molecular complexity index is 257. The van der Waals surface area contributed by atoms with Crippen LogP contribution in [-0.2, 0) is 16.1 Å². The van der Waals surface area contributed by atoms with Crippen LogP contribution in [0.1, 0.15) is 0 Å². The van der Waals surface area contributed by atoms with Crippen molar-refractivity contribution < 1.29 is 9.59 Å². The summed E-state index contributed by atoms with van der Waals surface area (Å²) in [7, 11) is 0. The minimum absolute atomic E-state index is 0.0148. The van der Waals surface area contributed by atoms with Crippen molar-refractivity contribution >= 4 is 12.2 Å². The molecule has 0 unspecified atom stereocenters. The Balaban J connectivity index is 2.32. The number of tetrazole rings is 1. The molecule has 0 fully saturated rings. The van der Waals surface area contributed by atoms with Crippen LogP contribution in [0.4, 0.5) is 0 Å². The molecule has 7 heteroatoms. The van der Waals surface area contributed by atoms with E-state index in [1.165, 1.54) is 11.0 Å². The van der Waals surface area contributed by atoms with Gasteiger partial charge in [0.05, 0.1) is 6.54 Å². The number of nitrogens with zero attached hydrogens (tertiary/aromatic N) is 4.